The standard InChI is InChI=1S/C23H24N2O2/c1-18-21(13-14-22(25-18)20-11-6-3-7-12-20)23(26)24-15-8-16-27-17-19-9-4-2-5-10-19/h2-7,9-14H,8,15-17H2,1H3,(H,24,26). The molecular weight excluding hydrogens is 336 g/mol. The molecule has 0 fully saturated rings. The number of hydrogen-bond acceptors (Lipinski definition) is 3. The molecule has 1 amide bonds. The summed E-state index contributed by atoms with van der Waals surface area (Å²) < 4.78 is 5.63. The van der Waals surface area contributed by atoms with Crippen molar-refractivity contribution in [2.45, 2.75) is 20.0 Å². The molecule has 138 valence electrons. The van der Waals surface area contributed by atoms with E-state index in [1.165, 1.54) is 0 Å². The lowest BCUT2D eigenvalue weighted by Crippen LogP contribution is -2.26. The summed E-state index contributed by atoms with van der Waals surface area (Å²) in [5.41, 5.74) is 4.41. The molecule has 4 nitrogen and oxygen atoms in total. The molecule has 0 saturated heterocycles. The molecule has 0 aliphatic rings. The average molecular weight is 360 g/mol. The molecular formula is C23H24N2O2. The second kappa shape index (κ2) is 9.64. The molecule has 1 aromatic heterocycles. The number of amides is 1. The van der Waals surface area contributed by atoms with Gasteiger partial charge >= 0.3 is 0 Å². The van der Waals surface area contributed by atoms with Crippen molar-refractivity contribution in [3.05, 3.63) is 89.6 Å². The van der Waals surface area contributed by atoms with E-state index < -0.39 is 0 Å². The zero-order valence-electron chi connectivity index (χ0n) is 15.5. The normalized spacial score (nSPS) is 10.6. The molecule has 0 saturated carbocycles. The number of nitrogens with one attached hydrogen (secondary N) is 1. The van der Waals surface area contributed by atoms with Gasteiger partial charge in [-0.1, -0.05) is 60.7 Å². The quantitative estimate of drug-likeness (QED) is 0.606. The van der Waals surface area contributed by atoms with Crippen molar-refractivity contribution in [1.29, 1.82) is 0 Å². The molecule has 0 bridgehead atoms. The largest absolute Gasteiger partial charge is 0.377 e. The monoisotopic (exact) mass is 360 g/mol. The van der Waals surface area contributed by atoms with Crippen molar-refractivity contribution in [1.82, 2.24) is 10.3 Å². The van der Waals surface area contributed by atoms with Crippen LogP contribution in [0.4, 0.5) is 0 Å². The third-order valence-electron chi connectivity index (χ3n) is 4.26. The van der Waals surface area contributed by atoms with Crippen LogP contribution in [0, 0.1) is 6.92 Å². The first-order valence-electron chi connectivity index (χ1n) is 9.17. The molecule has 0 aliphatic carbocycles. The van der Waals surface area contributed by atoms with Crippen LogP contribution >= 0.6 is 0 Å². The zero-order chi connectivity index (χ0) is 18.9. The average Bonchev–Trinajstić information content (AvgIpc) is 2.71. The number of hydrogen-bond donors (Lipinski definition) is 1. The molecule has 4 heteroatoms. The predicted molar refractivity (Wildman–Crippen MR) is 107 cm³/mol. The molecule has 1 heterocycles. The van der Waals surface area contributed by atoms with Gasteiger partial charge in [0.2, 0.25) is 0 Å². The Balaban J connectivity index is 1.44. The topological polar surface area (TPSA) is 51.2 Å². The van der Waals surface area contributed by atoms with E-state index in [1.807, 2.05) is 79.7 Å². The van der Waals surface area contributed by atoms with Crippen molar-refractivity contribution >= 4 is 5.91 Å². The van der Waals surface area contributed by atoms with Crippen LogP contribution in [0.1, 0.15) is 28.0 Å². The maximum Gasteiger partial charge on any atom is 0.253 e. The first-order chi connectivity index (χ1) is 13.2. The van der Waals surface area contributed by atoms with Crippen LogP contribution in [-0.2, 0) is 11.3 Å². The van der Waals surface area contributed by atoms with Crippen LogP contribution in [0.3, 0.4) is 0 Å². The number of benzene rings is 2. The van der Waals surface area contributed by atoms with Gasteiger partial charge in [-0.3, -0.25) is 9.78 Å². The minimum Gasteiger partial charge on any atom is -0.377 e. The second-order valence-corrected chi connectivity index (χ2v) is 6.34. The summed E-state index contributed by atoms with van der Waals surface area (Å²) in [6.07, 6.45) is 0.771. The van der Waals surface area contributed by atoms with E-state index in [0.29, 0.717) is 25.3 Å². The smallest absolute Gasteiger partial charge is 0.253 e. The molecule has 0 spiro atoms. The van der Waals surface area contributed by atoms with Gasteiger partial charge in [0, 0.05) is 18.7 Å². The Labute approximate surface area is 160 Å². The molecule has 0 aliphatic heterocycles. The predicted octanol–water partition coefficient (Wildman–Crippen LogP) is 4.39. The number of nitrogens with zero attached hydrogens (tertiary/aromatic N) is 1. The van der Waals surface area contributed by atoms with Crippen molar-refractivity contribution in [3.8, 4) is 11.3 Å². The van der Waals surface area contributed by atoms with Gasteiger partial charge in [0.15, 0.2) is 0 Å². The first kappa shape index (κ1) is 18.8. The molecule has 0 atom stereocenters. The lowest BCUT2D eigenvalue weighted by molar-refractivity contribution is 0.0933. The number of ether oxygens (including phenoxy) is 1. The van der Waals surface area contributed by atoms with E-state index in [9.17, 15) is 4.79 Å². The number of aromatic nitrogens is 1. The fourth-order valence-electron chi connectivity index (χ4n) is 2.81. The molecule has 3 rings (SSSR count). The number of carbonyl (C=O) groups excluding carboxylic acids is 1. The van der Waals surface area contributed by atoms with Crippen LogP contribution in [-0.4, -0.2) is 24.0 Å². The lowest BCUT2D eigenvalue weighted by atomic mass is 10.1. The molecule has 27 heavy (non-hydrogen) atoms. The van der Waals surface area contributed by atoms with Crippen LogP contribution in [0.2, 0.25) is 0 Å². The third-order valence-corrected chi connectivity index (χ3v) is 4.26. The maximum atomic E-state index is 12.4. The van der Waals surface area contributed by atoms with Crippen LogP contribution < -0.4 is 5.32 Å². The Morgan fingerprint density at radius 1 is 0.963 bits per heavy atom. The minimum absolute atomic E-state index is 0.0947. The zero-order valence-corrected chi connectivity index (χ0v) is 15.5. The highest BCUT2D eigenvalue weighted by atomic mass is 16.5. The fourth-order valence-corrected chi connectivity index (χ4v) is 2.81. The Morgan fingerprint density at radius 2 is 1.67 bits per heavy atom. The highest BCUT2D eigenvalue weighted by Gasteiger charge is 2.10. The Hall–Kier alpha value is -2.98. The molecule has 3 aromatic rings. The number of aryl methyl sites for hydroxylation is 1. The summed E-state index contributed by atoms with van der Waals surface area (Å²) in [7, 11) is 0. The Bertz CT molecular complexity index is 864. The van der Waals surface area contributed by atoms with E-state index in [2.05, 4.69) is 10.3 Å². The lowest BCUT2D eigenvalue weighted by Gasteiger charge is -2.09. The highest BCUT2D eigenvalue weighted by Crippen LogP contribution is 2.18. The van der Waals surface area contributed by atoms with Crippen LogP contribution in [0.15, 0.2) is 72.8 Å². The summed E-state index contributed by atoms with van der Waals surface area (Å²) >= 11 is 0. The van der Waals surface area contributed by atoms with E-state index >= 15 is 0 Å². The minimum atomic E-state index is -0.0947. The number of rotatable bonds is 8. The molecule has 0 radical (unpaired) electrons. The SMILES string of the molecule is Cc1nc(-c2ccccc2)ccc1C(=O)NCCCOCc1ccccc1. The van der Waals surface area contributed by atoms with E-state index in [1.54, 1.807) is 0 Å². The summed E-state index contributed by atoms with van der Waals surface area (Å²) in [6.45, 7) is 3.65. The summed E-state index contributed by atoms with van der Waals surface area (Å²) in [4.78, 5) is 16.9. The fraction of sp³-hybridized carbons (Fsp3) is 0.217. The molecule has 2 aromatic carbocycles. The van der Waals surface area contributed by atoms with Gasteiger partial charge in [-0.05, 0) is 31.0 Å². The molecule has 0 unspecified atom stereocenters. The van der Waals surface area contributed by atoms with Crippen molar-refractivity contribution in [3.63, 3.8) is 0 Å². The molecule has 1 N–H and O–H groups in total. The van der Waals surface area contributed by atoms with Crippen molar-refractivity contribution in [2.75, 3.05) is 13.2 Å². The third kappa shape index (κ3) is 5.50. The van der Waals surface area contributed by atoms with Gasteiger partial charge in [0.05, 0.1) is 23.6 Å². The van der Waals surface area contributed by atoms with Crippen molar-refractivity contribution < 1.29 is 9.53 Å². The number of carbonyl (C=O) groups is 1. The van der Waals surface area contributed by atoms with Crippen molar-refractivity contribution in [2.24, 2.45) is 0 Å². The highest BCUT2D eigenvalue weighted by molar-refractivity contribution is 5.95. The van der Waals surface area contributed by atoms with Gasteiger partial charge in [-0.2, -0.15) is 0 Å². The van der Waals surface area contributed by atoms with Gasteiger partial charge in [0.1, 0.15) is 0 Å². The summed E-state index contributed by atoms with van der Waals surface area (Å²) in [5, 5.41) is 2.94. The Morgan fingerprint density at radius 3 is 2.37 bits per heavy atom. The van der Waals surface area contributed by atoms with E-state index in [-0.39, 0.29) is 5.91 Å². The van der Waals surface area contributed by atoms with Gasteiger partial charge < -0.3 is 10.1 Å². The second-order valence-electron chi connectivity index (χ2n) is 6.34. The van der Waals surface area contributed by atoms with Crippen LogP contribution in [0.5, 0.6) is 0 Å². The van der Waals surface area contributed by atoms with Gasteiger partial charge in [0.25, 0.3) is 5.91 Å². The number of pyridine rings is 1. The maximum absolute atomic E-state index is 12.4. The van der Waals surface area contributed by atoms with Crippen LogP contribution in [0.25, 0.3) is 11.3 Å². The summed E-state index contributed by atoms with van der Waals surface area (Å²) in [6, 6.07) is 23.7. The van der Waals surface area contributed by atoms with Gasteiger partial charge in [-0.15, -0.1) is 0 Å². The van der Waals surface area contributed by atoms with E-state index in [4.69, 9.17) is 4.74 Å². The van der Waals surface area contributed by atoms with E-state index in [0.717, 1.165) is 28.9 Å². The summed E-state index contributed by atoms with van der Waals surface area (Å²) in [5.74, 6) is -0.0947. The Kier molecular flexibility index (Phi) is 6.72. The van der Waals surface area contributed by atoms with Gasteiger partial charge in [-0.25, -0.2) is 0 Å². The first-order valence-corrected chi connectivity index (χ1v) is 9.17.